The Balaban J connectivity index is 0.00000480. The fourth-order valence-corrected chi connectivity index (χ4v) is 3.13. The maximum Gasteiger partial charge on any atom is 0.191 e. The van der Waals surface area contributed by atoms with Gasteiger partial charge in [0.15, 0.2) is 5.96 Å². The van der Waals surface area contributed by atoms with Gasteiger partial charge in [-0.15, -0.1) is 24.0 Å². The van der Waals surface area contributed by atoms with E-state index in [1.54, 1.807) is 14.2 Å². The molecule has 0 aliphatic carbocycles. The topological polar surface area (TPSA) is 64.1 Å². The molecule has 0 aliphatic heterocycles. The minimum absolute atomic E-state index is 0. The summed E-state index contributed by atoms with van der Waals surface area (Å²) >= 11 is 0. The van der Waals surface area contributed by atoms with E-state index in [0.717, 1.165) is 29.6 Å². The number of hydrogen-bond acceptors (Lipinski definition) is 4. The summed E-state index contributed by atoms with van der Waals surface area (Å²) in [6, 6.07) is 14.3. The van der Waals surface area contributed by atoms with Crippen LogP contribution in [0.1, 0.15) is 36.5 Å². The van der Waals surface area contributed by atoms with Crippen LogP contribution in [0.2, 0.25) is 0 Å². The largest absolute Gasteiger partial charge is 0.496 e. The van der Waals surface area contributed by atoms with Crippen LogP contribution in [0.4, 0.5) is 0 Å². The smallest absolute Gasteiger partial charge is 0.191 e. The van der Waals surface area contributed by atoms with Gasteiger partial charge >= 0.3 is 0 Å². The standard InChI is InChI=1S/C24H35N3O3.HI/c1-6-29-13-14-30-23-15-18(2)11-12-20(23)17-27-24(25-4)26-16-19(3)21-9-7-8-10-22(21)28-5;/h7-12,15,19H,6,13-14,16-17H2,1-5H3,(H2,25,26,27);1H. The molecule has 0 saturated heterocycles. The third-order valence-electron chi connectivity index (χ3n) is 4.83. The van der Waals surface area contributed by atoms with E-state index in [9.17, 15) is 0 Å². The quantitative estimate of drug-likeness (QED) is 0.190. The number of aliphatic imine (C=N–C) groups is 1. The van der Waals surface area contributed by atoms with E-state index in [2.05, 4.69) is 53.7 Å². The summed E-state index contributed by atoms with van der Waals surface area (Å²) in [5, 5.41) is 6.78. The fraction of sp³-hybridized carbons (Fsp3) is 0.458. The number of aryl methyl sites for hydroxylation is 1. The summed E-state index contributed by atoms with van der Waals surface area (Å²) in [5.41, 5.74) is 3.42. The van der Waals surface area contributed by atoms with Crippen LogP contribution in [0.5, 0.6) is 11.5 Å². The first-order valence-corrected chi connectivity index (χ1v) is 10.5. The number of guanidine groups is 1. The molecule has 31 heavy (non-hydrogen) atoms. The summed E-state index contributed by atoms with van der Waals surface area (Å²) < 4.78 is 16.8. The van der Waals surface area contributed by atoms with E-state index in [0.29, 0.717) is 26.4 Å². The molecular formula is C24H36IN3O3. The SMILES string of the molecule is CCOCCOc1cc(C)ccc1CNC(=NC)NCC(C)c1ccccc1OC.I. The van der Waals surface area contributed by atoms with E-state index in [-0.39, 0.29) is 29.9 Å². The molecule has 0 aromatic heterocycles. The normalized spacial score (nSPS) is 12.0. The second-order valence-corrected chi connectivity index (χ2v) is 7.11. The molecule has 2 rings (SSSR count). The van der Waals surface area contributed by atoms with Gasteiger partial charge in [-0.3, -0.25) is 4.99 Å². The zero-order valence-electron chi connectivity index (χ0n) is 19.2. The third kappa shape index (κ3) is 8.95. The Bertz CT molecular complexity index is 814. The molecule has 0 aliphatic rings. The molecule has 2 N–H and O–H groups in total. The van der Waals surface area contributed by atoms with Crippen molar-refractivity contribution in [3.63, 3.8) is 0 Å². The molecule has 0 heterocycles. The van der Waals surface area contributed by atoms with E-state index >= 15 is 0 Å². The van der Waals surface area contributed by atoms with Crippen LogP contribution in [0, 0.1) is 6.92 Å². The molecule has 0 bridgehead atoms. The van der Waals surface area contributed by atoms with Gasteiger partial charge in [0.2, 0.25) is 0 Å². The Morgan fingerprint density at radius 2 is 1.84 bits per heavy atom. The summed E-state index contributed by atoms with van der Waals surface area (Å²) in [6.07, 6.45) is 0. The lowest BCUT2D eigenvalue weighted by Crippen LogP contribution is -2.38. The predicted molar refractivity (Wildman–Crippen MR) is 138 cm³/mol. The van der Waals surface area contributed by atoms with Gasteiger partial charge in [0.25, 0.3) is 0 Å². The Morgan fingerprint density at radius 3 is 2.55 bits per heavy atom. The van der Waals surface area contributed by atoms with E-state index in [1.165, 1.54) is 11.1 Å². The number of hydrogen-bond donors (Lipinski definition) is 2. The van der Waals surface area contributed by atoms with Crippen molar-refractivity contribution in [2.24, 2.45) is 4.99 Å². The monoisotopic (exact) mass is 541 g/mol. The minimum atomic E-state index is 0. The van der Waals surface area contributed by atoms with E-state index < -0.39 is 0 Å². The lowest BCUT2D eigenvalue weighted by atomic mass is 10.0. The third-order valence-corrected chi connectivity index (χ3v) is 4.83. The summed E-state index contributed by atoms with van der Waals surface area (Å²) in [6.45, 7) is 9.39. The maximum absolute atomic E-state index is 5.93. The van der Waals surface area contributed by atoms with Crippen LogP contribution in [0.15, 0.2) is 47.5 Å². The number of methoxy groups -OCH3 is 1. The zero-order valence-corrected chi connectivity index (χ0v) is 21.6. The van der Waals surface area contributed by atoms with Crippen LogP contribution in [0.25, 0.3) is 0 Å². The zero-order chi connectivity index (χ0) is 21.8. The number of rotatable bonds is 11. The first-order valence-electron chi connectivity index (χ1n) is 10.5. The molecule has 0 radical (unpaired) electrons. The molecule has 6 nitrogen and oxygen atoms in total. The highest BCUT2D eigenvalue weighted by molar-refractivity contribution is 14.0. The molecular weight excluding hydrogens is 505 g/mol. The molecule has 2 aromatic carbocycles. The average molecular weight is 541 g/mol. The van der Waals surface area contributed by atoms with Crippen molar-refractivity contribution in [3.8, 4) is 11.5 Å². The molecule has 0 spiro atoms. The summed E-state index contributed by atoms with van der Waals surface area (Å²) in [4.78, 5) is 4.35. The molecule has 0 fully saturated rings. The van der Waals surface area contributed by atoms with Gasteiger partial charge in [0.05, 0.1) is 13.7 Å². The lowest BCUT2D eigenvalue weighted by molar-refractivity contribution is 0.110. The van der Waals surface area contributed by atoms with Crippen molar-refractivity contribution in [2.75, 3.05) is 40.5 Å². The van der Waals surface area contributed by atoms with Gasteiger partial charge in [-0.1, -0.05) is 37.3 Å². The van der Waals surface area contributed by atoms with Gasteiger partial charge in [-0.05, 0) is 37.1 Å². The van der Waals surface area contributed by atoms with Crippen molar-refractivity contribution < 1.29 is 14.2 Å². The highest BCUT2D eigenvalue weighted by atomic mass is 127. The number of benzene rings is 2. The molecule has 2 aromatic rings. The Kier molecular flexibility index (Phi) is 13.0. The fourth-order valence-electron chi connectivity index (χ4n) is 3.13. The second-order valence-electron chi connectivity index (χ2n) is 7.11. The van der Waals surface area contributed by atoms with Gasteiger partial charge in [0.1, 0.15) is 18.1 Å². The average Bonchev–Trinajstić information content (AvgIpc) is 2.77. The van der Waals surface area contributed by atoms with Crippen LogP contribution in [-0.2, 0) is 11.3 Å². The highest BCUT2D eigenvalue weighted by Crippen LogP contribution is 2.25. The summed E-state index contributed by atoms with van der Waals surface area (Å²) in [7, 11) is 3.48. The van der Waals surface area contributed by atoms with Crippen molar-refractivity contribution in [1.29, 1.82) is 0 Å². The van der Waals surface area contributed by atoms with Crippen LogP contribution >= 0.6 is 24.0 Å². The molecule has 0 saturated carbocycles. The lowest BCUT2D eigenvalue weighted by Gasteiger charge is -2.19. The van der Waals surface area contributed by atoms with Gasteiger partial charge < -0.3 is 24.8 Å². The molecule has 0 amide bonds. The Hall–Kier alpha value is -2.00. The number of ether oxygens (including phenoxy) is 3. The molecule has 1 atom stereocenters. The van der Waals surface area contributed by atoms with Crippen LogP contribution < -0.4 is 20.1 Å². The maximum atomic E-state index is 5.93. The van der Waals surface area contributed by atoms with Crippen LogP contribution in [0.3, 0.4) is 0 Å². The Labute approximate surface area is 203 Å². The first kappa shape index (κ1) is 27.0. The van der Waals surface area contributed by atoms with Crippen LogP contribution in [-0.4, -0.2) is 46.5 Å². The minimum Gasteiger partial charge on any atom is -0.496 e. The van der Waals surface area contributed by atoms with E-state index in [1.807, 2.05) is 25.1 Å². The molecule has 1 unspecified atom stereocenters. The second kappa shape index (κ2) is 14.9. The predicted octanol–water partition coefficient (Wildman–Crippen LogP) is 4.51. The van der Waals surface area contributed by atoms with Gasteiger partial charge in [0, 0.05) is 38.2 Å². The Morgan fingerprint density at radius 1 is 1.06 bits per heavy atom. The number of nitrogens with zero attached hydrogens (tertiary/aromatic N) is 1. The van der Waals surface area contributed by atoms with Crippen molar-refractivity contribution in [1.82, 2.24) is 10.6 Å². The summed E-state index contributed by atoms with van der Waals surface area (Å²) in [5.74, 6) is 2.80. The number of nitrogens with one attached hydrogen (secondary N) is 2. The number of halogens is 1. The molecule has 172 valence electrons. The highest BCUT2D eigenvalue weighted by Gasteiger charge is 2.12. The van der Waals surface area contributed by atoms with Gasteiger partial charge in [-0.25, -0.2) is 0 Å². The van der Waals surface area contributed by atoms with Crippen molar-refractivity contribution in [3.05, 3.63) is 59.2 Å². The van der Waals surface area contributed by atoms with Gasteiger partial charge in [-0.2, -0.15) is 0 Å². The number of para-hydroxylation sites is 1. The molecule has 7 heteroatoms. The van der Waals surface area contributed by atoms with E-state index in [4.69, 9.17) is 14.2 Å². The van der Waals surface area contributed by atoms with Crippen molar-refractivity contribution >= 4 is 29.9 Å². The first-order chi connectivity index (χ1) is 14.6. The van der Waals surface area contributed by atoms with Crippen molar-refractivity contribution in [2.45, 2.75) is 33.2 Å².